The van der Waals surface area contributed by atoms with Crippen molar-refractivity contribution in [3.05, 3.63) is 60.4 Å². The molecule has 3 nitrogen and oxygen atoms in total. The number of hydrogen-bond acceptors (Lipinski definition) is 3. The van der Waals surface area contributed by atoms with E-state index in [1.807, 2.05) is 18.5 Å². The minimum absolute atomic E-state index is 0.111. The second-order valence-electron chi connectivity index (χ2n) is 6.34. The van der Waals surface area contributed by atoms with Crippen LogP contribution in [0.5, 0.6) is 0 Å². The molecule has 1 amide bonds. The largest absolute Gasteiger partial charge is 0.323 e. The zero-order chi connectivity index (χ0) is 16.5. The van der Waals surface area contributed by atoms with Crippen LogP contribution in [0.3, 0.4) is 0 Å². The Labute approximate surface area is 146 Å². The molecule has 0 bridgehead atoms. The molecule has 1 atom stereocenters. The molecule has 1 saturated carbocycles. The van der Waals surface area contributed by atoms with Crippen molar-refractivity contribution >= 4 is 23.7 Å². The van der Waals surface area contributed by atoms with Gasteiger partial charge in [-0.25, -0.2) is 0 Å². The van der Waals surface area contributed by atoms with Crippen LogP contribution in [0.15, 0.2) is 49.3 Å². The first-order valence-electron chi connectivity index (χ1n) is 8.37. The molecule has 0 spiro atoms. The van der Waals surface area contributed by atoms with Crippen LogP contribution < -0.4 is 0 Å². The zero-order valence-corrected chi connectivity index (χ0v) is 14.3. The second kappa shape index (κ2) is 6.44. The highest BCUT2D eigenvalue weighted by Crippen LogP contribution is 2.46. The van der Waals surface area contributed by atoms with Gasteiger partial charge in [-0.1, -0.05) is 36.9 Å². The van der Waals surface area contributed by atoms with Crippen LogP contribution in [0.1, 0.15) is 35.8 Å². The quantitative estimate of drug-likeness (QED) is 0.823. The molecule has 1 aromatic carbocycles. The molecule has 2 heterocycles. The highest BCUT2D eigenvalue weighted by molar-refractivity contribution is 8.00. The number of thioether (sulfide) groups is 1. The summed E-state index contributed by atoms with van der Waals surface area (Å²) in [5.41, 5.74) is 4.55. The number of hydrogen-bond donors (Lipinski definition) is 0. The second-order valence-corrected chi connectivity index (χ2v) is 7.41. The molecule has 24 heavy (non-hydrogen) atoms. The number of rotatable bonds is 4. The lowest BCUT2D eigenvalue weighted by Gasteiger charge is -2.38. The average Bonchev–Trinajstić information content (AvgIpc) is 2.95. The van der Waals surface area contributed by atoms with Crippen molar-refractivity contribution < 1.29 is 4.79 Å². The van der Waals surface area contributed by atoms with Crippen LogP contribution in [0.2, 0.25) is 0 Å². The molecule has 0 radical (unpaired) electrons. The molecule has 1 aromatic heterocycles. The van der Waals surface area contributed by atoms with Gasteiger partial charge in [0.25, 0.3) is 0 Å². The molecule has 1 aliphatic carbocycles. The number of carbonyl (C=O) groups is 1. The lowest BCUT2D eigenvalue weighted by molar-refractivity contribution is -0.132. The minimum Gasteiger partial charge on any atom is -0.323 e. The Morgan fingerprint density at radius 3 is 2.67 bits per heavy atom. The standard InChI is InChI=1S/C20H20N2OS/c1-2-14-6-8-15(9-7-14)18-12-21-11-10-17(18)20-22(16-4-3-5-16)19(23)13-24-20/h2,6-12,16,20H,1,3-5,13H2. The van der Waals surface area contributed by atoms with Crippen molar-refractivity contribution in [1.29, 1.82) is 0 Å². The van der Waals surface area contributed by atoms with Crippen LogP contribution >= 0.6 is 11.8 Å². The first kappa shape index (κ1) is 15.5. The van der Waals surface area contributed by atoms with E-state index >= 15 is 0 Å². The van der Waals surface area contributed by atoms with Crippen LogP contribution in [0.25, 0.3) is 17.2 Å². The maximum absolute atomic E-state index is 12.4. The maximum Gasteiger partial charge on any atom is 0.234 e. The number of aromatic nitrogens is 1. The van der Waals surface area contributed by atoms with E-state index in [-0.39, 0.29) is 11.3 Å². The lowest BCUT2D eigenvalue weighted by atomic mass is 9.90. The van der Waals surface area contributed by atoms with Gasteiger partial charge in [0.2, 0.25) is 5.91 Å². The van der Waals surface area contributed by atoms with Gasteiger partial charge in [-0.05, 0) is 42.0 Å². The van der Waals surface area contributed by atoms with E-state index in [0.717, 1.165) is 29.5 Å². The summed E-state index contributed by atoms with van der Waals surface area (Å²) in [4.78, 5) is 18.8. The molecule has 4 heteroatoms. The first-order valence-corrected chi connectivity index (χ1v) is 9.42. The van der Waals surface area contributed by atoms with Crippen molar-refractivity contribution in [3.8, 4) is 11.1 Å². The summed E-state index contributed by atoms with van der Waals surface area (Å²) in [6.07, 6.45) is 9.10. The Balaban J connectivity index is 1.72. The average molecular weight is 336 g/mol. The van der Waals surface area contributed by atoms with E-state index in [9.17, 15) is 4.79 Å². The predicted molar refractivity (Wildman–Crippen MR) is 99.4 cm³/mol. The van der Waals surface area contributed by atoms with Crippen molar-refractivity contribution in [2.75, 3.05) is 5.75 Å². The van der Waals surface area contributed by atoms with Crippen molar-refractivity contribution in [2.24, 2.45) is 0 Å². The van der Waals surface area contributed by atoms with E-state index < -0.39 is 0 Å². The Hall–Kier alpha value is -2.07. The highest BCUT2D eigenvalue weighted by atomic mass is 32.2. The van der Waals surface area contributed by atoms with E-state index in [1.54, 1.807) is 11.8 Å². The van der Waals surface area contributed by atoms with E-state index in [4.69, 9.17) is 0 Å². The summed E-state index contributed by atoms with van der Waals surface area (Å²) in [7, 11) is 0. The Bertz CT molecular complexity index is 767. The Kier molecular flexibility index (Phi) is 4.15. The van der Waals surface area contributed by atoms with Gasteiger partial charge in [0.05, 0.1) is 5.75 Å². The van der Waals surface area contributed by atoms with Crippen LogP contribution in [0, 0.1) is 0 Å². The Morgan fingerprint density at radius 1 is 1.21 bits per heavy atom. The van der Waals surface area contributed by atoms with E-state index in [0.29, 0.717) is 11.8 Å². The molecule has 1 saturated heterocycles. The van der Waals surface area contributed by atoms with Gasteiger partial charge in [0.1, 0.15) is 5.37 Å². The predicted octanol–water partition coefficient (Wildman–Crippen LogP) is 4.52. The third-order valence-electron chi connectivity index (χ3n) is 4.95. The number of benzene rings is 1. The number of carbonyl (C=O) groups excluding carboxylic acids is 1. The summed E-state index contributed by atoms with van der Waals surface area (Å²) in [5, 5.41) is 0.111. The summed E-state index contributed by atoms with van der Waals surface area (Å²) >= 11 is 1.74. The lowest BCUT2D eigenvalue weighted by Crippen LogP contribution is -2.42. The van der Waals surface area contributed by atoms with Crippen LogP contribution in [-0.2, 0) is 4.79 Å². The monoisotopic (exact) mass is 336 g/mol. The molecule has 122 valence electrons. The fourth-order valence-corrected chi connectivity index (χ4v) is 4.68. The van der Waals surface area contributed by atoms with Gasteiger partial charge in [0.15, 0.2) is 0 Å². The molecule has 2 aromatic rings. The SMILES string of the molecule is C=Cc1ccc(-c2cnccc2C2SCC(=O)N2C2CCC2)cc1. The number of pyridine rings is 1. The molecule has 2 aliphatic rings. The summed E-state index contributed by atoms with van der Waals surface area (Å²) in [6.45, 7) is 3.81. The summed E-state index contributed by atoms with van der Waals surface area (Å²) in [5.74, 6) is 0.859. The van der Waals surface area contributed by atoms with Crippen molar-refractivity contribution in [1.82, 2.24) is 9.88 Å². The number of nitrogens with zero attached hydrogens (tertiary/aromatic N) is 2. The van der Waals surface area contributed by atoms with Gasteiger partial charge < -0.3 is 4.90 Å². The normalized spacial score (nSPS) is 20.9. The Morgan fingerprint density at radius 2 is 2.00 bits per heavy atom. The fraction of sp³-hybridized carbons (Fsp3) is 0.300. The van der Waals surface area contributed by atoms with E-state index in [1.165, 1.54) is 12.0 Å². The zero-order valence-electron chi connectivity index (χ0n) is 13.5. The topological polar surface area (TPSA) is 33.2 Å². The van der Waals surface area contributed by atoms with Crippen molar-refractivity contribution in [3.63, 3.8) is 0 Å². The molecule has 2 fully saturated rings. The molecule has 1 unspecified atom stereocenters. The fourth-order valence-electron chi connectivity index (χ4n) is 3.40. The summed E-state index contributed by atoms with van der Waals surface area (Å²) in [6, 6.07) is 10.8. The minimum atomic E-state index is 0.111. The highest BCUT2D eigenvalue weighted by Gasteiger charge is 2.40. The third-order valence-corrected chi connectivity index (χ3v) is 6.16. The number of amides is 1. The van der Waals surface area contributed by atoms with Crippen LogP contribution in [-0.4, -0.2) is 27.6 Å². The molecular weight excluding hydrogens is 316 g/mol. The smallest absolute Gasteiger partial charge is 0.234 e. The third kappa shape index (κ3) is 2.65. The van der Waals surface area contributed by atoms with Crippen LogP contribution in [0.4, 0.5) is 0 Å². The first-order chi connectivity index (χ1) is 11.8. The molecule has 4 rings (SSSR count). The van der Waals surface area contributed by atoms with Gasteiger partial charge in [-0.3, -0.25) is 9.78 Å². The summed E-state index contributed by atoms with van der Waals surface area (Å²) < 4.78 is 0. The van der Waals surface area contributed by atoms with E-state index in [2.05, 4.69) is 46.8 Å². The van der Waals surface area contributed by atoms with Crippen molar-refractivity contribution in [2.45, 2.75) is 30.7 Å². The molecule has 1 aliphatic heterocycles. The van der Waals surface area contributed by atoms with Gasteiger partial charge in [-0.2, -0.15) is 0 Å². The van der Waals surface area contributed by atoms with Gasteiger partial charge >= 0.3 is 0 Å². The van der Waals surface area contributed by atoms with Gasteiger partial charge in [0, 0.05) is 24.0 Å². The maximum atomic E-state index is 12.4. The molecular formula is C20H20N2OS. The molecule has 0 N–H and O–H groups in total. The van der Waals surface area contributed by atoms with Gasteiger partial charge in [-0.15, -0.1) is 11.8 Å².